The number of nitrogens with zero attached hydrogens (tertiary/aromatic N) is 2. The maximum Gasteiger partial charge on any atom is 0.311 e. The van der Waals surface area contributed by atoms with E-state index in [9.17, 15) is 15.0 Å². The van der Waals surface area contributed by atoms with Gasteiger partial charge in [-0.15, -0.1) is 0 Å². The van der Waals surface area contributed by atoms with E-state index in [0.29, 0.717) is 30.0 Å². The van der Waals surface area contributed by atoms with Gasteiger partial charge in [0, 0.05) is 49.2 Å². The summed E-state index contributed by atoms with van der Waals surface area (Å²) in [6.07, 6.45) is 48.9. The molecule has 2 N–H and O–H groups in total. The first kappa shape index (κ1) is 59.4. The molecule has 434 valence electrons. The molecular formula is C70H115N2O5+. The maximum atomic E-state index is 13.1. The van der Waals surface area contributed by atoms with E-state index in [1.54, 1.807) is 28.1 Å². The molecule has 0 amide bonds. The van der Waals surface area contributed by atoms with Crippen LogP contribution in [0.4, 0.5) is 0 Å². The number of rotatable bonds is 21. The third-order valence-corrected chi connectivity index (χ3v) is 24.5. The number of carbonyl (C=O) groups excluding carboxylic acids is 1. The van der Waals surface area contributed by atoms with E-state index >= 15 is 0 Å². The zero-order valence-corrected chi connectivity index (χ0v) is 50.9. The summed E-state index contributed by atoms with van der Waals surface area (Å²) in [5.74, 6) is 7.77. The minimum absolute atomic E-state index is 0.0772. The Kier molecular flexibility index (Phi) is 20.3. The smallest absolute Gasteiger partial charge is 0.311 e. The molecule has 9 aliphatic rings. The number of aliphatic hydroxyl groups excluding tert-OH is 2. The van der Waals surface area contributed by atoms with Crippen LogP contribution in [-0.4, -0.2) is 89.6 Å². The predicted octanol–water partition coefficient (Wildman–Crippen LogP) is 16.2. The van der Waals surface area contributed by atoms with Crippen molar-refractivity contribution in [1.82, 2.24) is 4.90 Å². The summed E-state index contributed by atoms with van der Waals surface area (Å²) in [4.78, 5) is 15.9. The Labute approximate surface area is 471 Å². The van der Waals surface area contributed by atoms with Crippen molar-refractivity contribution in [2.45, 2.75) is 272 Å². The van der Waals surface area contributed by atoms with Gasteiger partial charge >= 0.3 is 5.97 Å². The third kappa shape index (κ3) is 13.0. The summed E-state index contributed by atoms with van der Waals surface area (Å²) in [6, 6.07) is 1.38. The lowest BCUT2D eigenvalue weighted by Gasteiger charge is -2.47. The Hall–Kier alpha value is -2.22. The topological polar surface area (TPSA) is 82.2 Å². The fraction of sp³-hybridized carbons (Fsp3) is 0.857. The Morgan fingerprint density at radius 1 is 0.740 bits per heavy atom. The number of hydrogen-bond donors (Lipinski definition) is 2. The number of esters is 1. The van der Waals surface area contributed by atoms with E-state index in [-0.39, 0.29) is 36.1 Å². The highest BCUT2D eigenvalue weighted by atomic mass is 16.5. The molecule has 6 saturated carbocycles. The average molecular weight is 1060 g/mol. The molecule has 2 aliphatic heterocycles. The minimum Gasteiger partial charge on any atom is -0.463 e. The van der Waals surface area contributed by atoms with Crippen LogP contribution < -0.4 is 0 Å². The van der Waals surface area contributed by atoms with E-state index in [0.717, 1.165) is 112 Å². The SMILES string of the molecule is CCC(CCC(CCC(C)(CC)C(=O)OCCO)C1CCC(O)CC1)C1CCC(OCCCC2=C(/C=C/C3=[N+](C)C4CCC5CCCCC5C4C3(C)C)CCC/C2=C\C=C2\N(C)C3CCC4CCCCC4C3C2(C)C)CC1. The molecule has 1 saturated heterocycles. The minimum atomic E-state index is -0.518. The first-order valence-corrected chi connectivity index (χ1v) is 33.3. The Morgan fingerprint density at radius 2 is 1.39 bits per heavy atom. The van der Waals surface area contributed by atoms with Crippen LogP contribution in [0.5, 0.6) is 0 Å². The average Bonchev–Trinajstić information content (AvgIpc) is 3.85. The van der Waals surface area contributed by atoms with Gasteiger partial charge < -0.3 is 24.6 Å². The van der Waals surface area contributed by atoms with E-state index in [2.05, 4.69) is 96.3 Å². The molecule has 0 aromatic rings. The van der Waals surface area contributed by atoms with Crippen LogP contribution in [0, 0.1) is 75.4 Å². The van der Waals surface area contributed by atoms with Gasteiger partial charge in [0.05, 0.1) is 29.6 Å². The molecule has 11 atom stereocenters. The zero-order chi connectivity index (χ0) is 54.5. The number of ether oxygens (including phenoxy) is 2. The van der Waals surface area contributed by atoms with Gasteiger partial charge in [0.15, 0.2) is 11.8 Å². The summed E-state index contributed by atoms with van der Waals surface area (Å²) in [5, 5.41) is 19.7. The van der Waals surface area contributed by atoms with Crippen molar-refractivity contribution in [2.24, 2.45) is 75.4 Å². The van der Waals surface area contributed by atoms with Crippen LogP contribution >= 0.6 is 0 Å². The highest BCUT2D eigenvalue weighted by Gasteiger charge is 2.59. The molecule has 0 bridgehead atoms. The fourth-order valence-electron chi connectivity index (χ4n) is 19.9. The molecule has 9 rings (SSSR count). The second-order valence-electron chi connectivity index (χ2n) is 29.1. The second kappa shape index (κ2) is 26.4. The van der Waals surface area contributed by atoms with Crippen LogP contribution in [0.25, 0.3) is 0 Å². The number of likely N-dealkylation sites (tertiary alicyclic amines) is 1. The monoisotopic (exact) mass is 1060 g/mol. The lowest BCUT2D eigenvalue weighted by atomic mass is 9.57. The number of aliphatic hydroxyl groups is 2. The van der Waals surface area contributed by atoms with Gasteiger partial charge in [-0.05, 0) is 245 Å². The van der Waals surface area contributed by atoms with Crippen LogP contribution in [0.15, 0.2) is 46.7 Å². The van der Waals surface area contributed by atoms with E-state index < -0.39 is 5.41 Å². The Morgan fingerprint density at radius 3 is 2.08 bits per heavy atom. The highest BCUT2D eigenvalue weighted by molar-refractivity contribution is 5.97. The first-order chi connectivity index (χ1) is 37.1. The van der Waals surface area contributed by atoms with Crippen molar-refractivity contribution >= 4 is 11.7 Å². The van der Waals surface area contributed by atoms with Crippen LogP contribution in [-0.2, 0) is 14.3 Å². The number of hydrogen-bond acceptors (Lipinski definition) is 6. The van der Waals surface area contributed by atoms with Gasteiger partial charge in [-0.25, -0.2) is 4.58 Å². The van der Waals surface area contributed by atoms with Crippen LogP contribution in [0.1, 0.15) is 248 Å². The summed E-state index contributed by atoms with van der Waals surface area (Å²) in [5.41, 5.74) is 7.87. The van der Waals surface area contributed by atoms with Gasteiger partial charge in [0.2, 0.25) is 0 Å². The first-order valence-electron chi connectivity index (χ1n) is 33.3. The van der Waals surface area contributed by atoms with Gasteiger partial charge in [-0.3, -0.25) is 4.79 Å². The molecule has 7 aliphatic carbocycles. The van der Waals surface area contributed by atoms with Crippen molar-refractivity contribution in [3.8, 4) is 0 Å². The molecular weight excluding hydrogens is 949 g/mol. The lowest BCUT2D eigenvalue weighted by Crippen LogP contribution is -2.45. The lowest BCUT2D eigenvalue weighted by molar-refractivity contribution is -0.541. The molecule has 7 nitrogen and oxygen atoms in total. The van der Waals surface area contributed by atoms with Crippen molar-refractivity contribution in [1.29, 1.82) is 0 Å². The van der Waals surface area contributed by atoms with E-state index in [1.165, 1.54) is 141 Å². The van der Waals surface area contributed by atoms with Crippen LogP contribution in [0.3, 0.4) is 0 Å². The molecule has 7 heteroatoms. The Bertz CT molecular complexity index is 2110. The number of allylic oxidation sites excluding steroid dienone is 8. The van der Waals surface area contributed by atoms with Crippen molar-refractivity contribution in [2.75, 3.05) is 33.9 Å². The molecule has 77 heavy (non-hydrogen) atoms. The zero-order valence-electron chi connectivity index (χ0n) is 50.9. The summed E-state index contributed by atoms with van der Waals surface area (Å²) < 4.78 is 15.1. The maximum absolute atomic E-state index is 13.1. The van der Waals surface area contributed by atoms with Crippen molar-refractivity contribution in [3.05, 3.63) is 46.7 Å². The molecule has 2 heterocycles. The largest absolute Gasteiger partial charge is 0.463 e. The van der Waals surface area contributed by atoms with E-state index in [1.807, 2.05) is 0 Å². The molecule has 11 unspecified atom stereocenters. The third-order valence-electron chi connectivity index (χ3n) is 24.5. The quantitative estimate of drug-likeness (QED) is 0.0677. The fourth-order valence-corrected chi connectivity index (χ4v) is 19.9. The number of fused-ring (bicyclic) bond motifs is 6. The Balaban J connectivity index is 0.857. The summed E-state index contributed by atoms with van der Waals surface area (Å²) >= 11 is 0. The van der Waals surface area contributed by atoms with Crippen molar-refractivity contribution in [3.63, 3.8) is 0 Å². The molecule has 7 fully saturated rings. The van der Waals surface area contributed by atoms with Crippen molar-refractivity contribution < 1.29 is 29.1 Å². The molecule has 0 aromatic carbocycles. The standard InChI is InChI=1S/C70H115N2O5/c1-10-48(25-26-51(50-27-35-56(74)36-28-50)43-44-70(7,11-2)67(75)77-47-45-73)49-29-37-57(38-30-49)76-46-17-24-58-52(33-41-63-68(3,4)65-59-22-14-12-18-54(59)31-39-61(65)71(63)8)20-16-21-53(58)34-42-64-69(5,6)66-60-23-15-13-19-55(60)32-40-62(66)72(64)9/h33-34,41-42,48-51,54-57,59-62,65-66,73-74H,10-32,35-40,43-47H2,1-9H3/q+1. The van der Waals surface area contributed by atoms with E-state index in [4.69, 9.17) is 9.47 Å². The van der Waals surface area contributed by atoms with Gasteiger partial charge in [0.25, 0.3) is 0 Å². The van der Waals surface area contributed by atoms with Gasteiger partial charge in [-0.2, -0.15) is 0 Å². The van der Waals surface area contributed by atoms with Gasteiger partial charge in [-0.1, -0.05) is 84.8 Å². The molecule has 0 spiro atoms. The second-order valence-corrected chi connectivity index (χ2v) is 29.1. The summed E-state index contributed by atoms with van der Waals surface area (Å²) in [6.45, 7) is 17.8. The summed E-state index contributed by atoms with van der Waals surface area (Å²) in [7, 11) is 4.89. The van der Waals surface area contributed by atoms with Gasteiger partial charge in [0.1, 0.15) is 13.7 Å². The number of carbonyl (C=O) groups is 1. The van der Waals surface area contributed by atoms with Crippen LogP contribution in [0.2, 0.25) is 0 Å². The molecule has 0 aromatic heterocycles. The molecule has 0 radical (unpaired) electrons. The normalized spacial score (nSPS) is 36.8. The highest BCUT2D eigenvalue weighted by Crippen LogP contribution is 2.59. The predicted molar refractivity (Wildman–Crippen MR) is 318 cm³/mol.